The number of hydrogen-bond acceptors (Lipinski definition) is 9. The molecule has 4 aromatic heterocycles. The Labute approximate surface area is 185 Å². The normalized spacial score (nSPS) is 13.8. The van der Waals surface area contributed by atoms with Crippen LogP contribution in [0.1, 0.15) is 48.0 Å². The highest BCUT2D eigenvalue weighted by molar-refractivity contribution is 7.99. The Kier molecular flexibility index (Phi) is 5.42. The Morgan fingerprint density at radius 2 is 1.97 bits per heavy atom. The minimum atomic E-state index is -0.129. The number of nitrogens with zero attached hydrogens (tertiary/aromatic N) is 6. The first-order chi connectivity index (χ1) is 14.7. The average molecular weight is 460 g/mol. The molecule has 0 spiro atoms. The second kappa shape index (κ2) is 8.20. The second-order valence-electron chi connectivity index (χ2n) is 7.11. The van der Waals surface area contributed by atoms with Gasteiger partial charge in [0.25, 0.3) is 0 Å². The zero-order valence-corrected chi connectivity index (χ0v) is 19.2. The smallest absolute Gasteiger partial charge is 0.236 e. The largest absolute Gasteiger partial charge is 0.300 e. The summed E-state index contributed by atoms with van der Waals surface area (Å²) in [6, 6.07) is 0. The maximum absolute atomic E-state index is 12.4. The molecule has 156 valence electrons. The lowest BCUT2D eigenvalue weighted by Gasteiger charge is -2.10. The minimum absolute atomic E-state index is 0.129. The van der Waals surface area contributed by atoms with Crippen LogP contribution in [0.2, 0.25) is 0 Å². The molecular formula is C19H21N7OS3. The highest BCUT2D eigenvalue weighted by Crippen LogP contribution is 2.38. The van der Waals surface area contributed by atoms with E-state index in [4.69, 9.17) is 4.98 Å². The lowest BCUT2D eigenvalue weighted by Crippen LogP contribution is -2.14. The van der Waals surface area contributed by atoms with Gasteiger partial charge in [0.05, 0.1) is 11.1 Å². The highest BCUT2D eigenvalue weighted by Gasteiger charge is 2.23. The van der Waals surface area contributed by atoms with Gasteiger partial charge in [0, 0.05) is 11.3 Å². The molecule has 4 heterocycles. The van der Waals surface area contributed by atoms with Crippen LogP contribution in [0.15, 0.2) is 5.16 Å². The van der Waals surface area contributed by atoms with Crippen molar-refractivity contribution in [2.45, 2.75) is 57.5 Å². The third kappa shape index (κ3) is 3.48. The predicted molar refractivity (Wildman–Crippen MR) is 121 cm³/mol. The van der Waals surface area contributed by atoms with Crippen LogP contribution in [0, 0.1) is 0 Å². The Balaban J connectivity index is 1.44. The predicted octanol–water partition coefficient (Wildman–Crippen LogP) is 3.92. The van der Waals surface area contributed by atoms with Crippen molar-refractivity contribution in [2.75, 3.05) is 11.1 Å². The van der Waals surface area contributed by atoms with Gasteiger partial charge in [-0.1, -0.05) is 36.9 Å². The van der Waals surface area contributed by atoms with Crippen molar-refractivity contribution in [3.05, 3.63) is 21.3 Å². The molecular weight excluding hydrogens is 438 g/mol. The third-order valence-electron chi connectivity index (χ3n) is 5.16. The van der Waals surface area contributed by atoms with Crippen LogP contribution in [0.4, 0.5) is 5.13 Å². The van der Waals surface area contributed by atoms with E-state index in [0.717, 1.165) is 52.4 Å². The molecule has 4 aromatic rings. The van der Waals surface area contributed by atoms with Crippen molar-refractivity contribution < 1.29 is 4.79 Å². The number of carbonyl (C=O) groups excluding carboxylic acids is 1. The van der Waals surface area contributed by atoms with Crippen LogP contribution in [0.3, 0.4) is 0 Å². The molecule has 0 radical (unpaired) electrons. The lowest BCUT2D eigenvalue weighted by atomic mass is 9.97. The lowest BCUT2D eigenvalue weighted by molar-refractivity contribution is -0.113. The molecule has 5 rings (SSSR count). The fourth-order valence-electron chi connectivity index (χ4n) is 3.76. The van der Waals surface area contributed by atoms with Gasteiger partial charge < -0.3 is 0 Å². The maximum Gasteiger partial charge on any atom is 0.236 e. The second-order valence-corrected chi connectivity index (χ2v) is 10.2. The molecule has 0 bridgehead atoms. The van der Waals surface area contributed by atoms with Crippen LogP contribution < -0.4 is 5.32 Å². The number of rotatable bonds is 6. The summed E-state index contributed by atoms with van der Waals surface area (Å²) in [5.41, 5.74) is 2.27. The van der Waals surface area contributed by atoms with E-state index in [1.165, 1.54) is 46.4 Å². The van der Waals surface area contributed by atoms with Gasteiger partial charge in [-0.3, -0.25) is 14.5 Å². The van der Waals surface area contributed by atoms with Crippen molar-refractivity contribution >= 4 is 61.3 Å². The fourth-order valence-corrected chi connectivity index (χ4v) is 6.48. The number of aryl methyl sites for hydroxylation is 4. The van der Waals surface area contributed by atoms with Crippen LogP contribution in [-0.4, -0.2) is 41.4 Å². The summed E-state index contributed by atoms with van der Waals surface area (Å²) >= 11 is 4.58. The first-order valence-corrected chi connectivity index (χ1v) is 12.7. The van der Waals surface area contributed by atoms with Crippen LogP contribution in [-0.2, 0) is 30.5 Å². The number of carbonyl (C=O) groups is 1. The van der Waals surface area contributed by atoms with Crippen molar-refractivity contribution in [1.29, 1.82) is 0 Å². The maximum atomic E-state index is 12.4. The number of thioether (sulfide) groups is 1. The van der Waals surface area contributed by atoms with Crippen LogP contribution in [0.25, 0.3) is 15.9 Å². The van der Waals surface area contributed by atoms with E-state index in [-0.39, 0.29) is 11.7 Å². The first kappa shape index (κ1) is 19.8. The zero-order valence-electron chi connectivity index (χ0n) is 16.8. The molecule has 30 heavy (non-hydrogen) atoms. The fraction of sp³-hybridized carbons (Fsp3) is 0.474. The molecule has 11 heteroatoms. The summed E-state index contributed by atoms with van der Waals surface area (Å²) in [7, 11) is 0. The monoisotopic (exact) mass is 459 g/mol. The van der Waals surface area contributed by atoms with E-state index >= 15 is 0 Å². The standard InChI is InChI=1S/C19H21N7OS3/c1-3-12-20-17-15(10-7-5-6-8-11(10)29-17)16-23-25-19(26(12)16)28-9-13(27)21-18-24-22-14(4-2)30-18/h3-9H2,1-2H3,(H,21,24,27). The summed E-state index contributed by atoms with van der Waals surface area (Å²) in [4.78, 5) is 19.8. The van der Waals surface area contributed by atoms with E-state index in [0.29, 0.717) is 10.3 Å². The highest BCUT2D eigenvalue weighted by atomic mass is 32.2. The van der Waals surface area contributed by atoms with Crippen molar-refractivity contribution in [2.24, 2.45) is 0 Å². The summed E-state index contributed by atoms with van der Waals surface area (Å²) in [5, 5.41) is 23.1. The molecule has 1 amide bonds. The average Bonchev–Trinajstić information content (AvgIpc) is 3.47. The number of fused-ring (bicyclic) bond motifs is 5. The van der Waals surface area contributed by atoms with E-state index in [1.54, 1.807) is 11.3 Å². The number of hydrogen-bond donors (Lipinski definition) is 1. The molecule has 0 saturated carbocycles. The molecule has 0 aliphatic heterocycles. The molecule has 0 atom stereocenters. The van der Waals surface area contributed by atoms with Gasteiger partial charge in [-0.2, -0.15) is 0 Å². The number of amides is 1. The Hall–Kier alpha value is -2.11. The Morgan fingerprint density at radius 1 is 1.10 bits per heavy atom. The summed E-state index contributed by atoms with van der Waals surface area (Å²) in [5.74, 6) is 1.03. The van der Waals surface area contributed by atoms with E-state index in [2.05, 4.69) is 32.6 Å². The zero-order chi connectivity index (χ0) is 20.7. The van der Waals surface area contributed by atoms with Crippen molar-refractivity contribution in [3.63, 3.8) is 0 Å². The molecule has 1 aliphatic carbocycles. The third-order valence-corrected chi connectivity index (χ3v) is 8.26. The minimum Gasteiger partial charge on any atom is -0.300 e. The van der Waals surface area contributed by atoms with Crippen LogP contribution >= 0.6 is 34.4 Å². The molecule has 8 nitrogen and oxygen atoms in total. The van der Waals surface area contributed by atoms with Gasteiger partial charge in [-0.05, 0) is 37.7 Å². The molecule has 0 unspecified atom stereocenters. The van der Waals surface area contributed by atoms with Gasteiger partial charge in [0.15, 0.2) is 10.8 Å². The van der Waals surface area contributed by atoms with Gasteiger partial charge in [-0.25, -0.2) is 4.98 Å². The molecule has 1 N–H and O–H groups in total. The van der Waals surface area contributed by atoms with Gasteiger partial charge in [0.2, 0.25) is 11.0 Å². The van der Waals surface area contributed by atoms with Gasteiger partial charge in [-0.15, -0.1) is 31.7 Å². The van der Waals surface area contributed by atoms with Gasteiger partial charge in [0.1, 0.15) is 15.7 Å². The number of thiophene rings is 1. The summed E-state index contributed by atoms with van der Waals surface area (Å²) in [6.07, 6.45) is 6.25. The van der Waals surface area contributed by atoms with Crippen LogP contribution in [0.5, 0.6) is 0 Å². The summed E-state index contributed by atoms with van der Waals surface area (Å²) in [6.45, 7) is 4.10. The van der Waals surface area contributed by atoms with Crippen molar-refractivity contribution in [3.8, 4) is 0 Å². The molecule has 0 saturated heterocycles. The van der Waals surface area contributed by atoms with E-state index < -0.39 is 0 Å². The van der Waals surface area contributed by atoms with E-state index in [1.807, 2.05) is 11.3 Å². The van der Waals surface area contributed by atoms with Gasteiger partial charge >= 0.3 is 0 Å². The Morgan fingerprint density at radius 3 is 2.77 bits per heavy atom. The quantitative estimate of drug-likeness (QED) is 0.436. The topological polar surface area (TPSA) is 98.0 Å². The first-order valence-electron chi connectivity index (χ1n) is 10.1. The molecule has 0 aromatic carbocycles. The number of nitrogens with one attached hydrogen (secondary N) is 1. The number of aromatic nitrogens is 6. The molecule has 1 aliphatic rings. The SMILES string of the molecule is CCc1nnc(NC(=O)CSc2nnc3c4c5c(sc4nc(CC)n23)CCCC5)s1. The van der Waals surface area contributed by atoms with Crippen molar-refractivity contribution in [1.82, 2.24) is 29.8 Å². The summed E-state index contributed by atoms with van der Waals surface area (Å²) < 4.78 is 2.03. The molecule has 0 fully saturated rings. The Bertz CT molecular complexity index is 1240. The number of anilines is 1. The van der Waals surface area contributed by atoms with E-state index in [9.17, 15) is 4.79 Å².